The maximum absolute atomic E-state index is 13.9. The van der Waals surface area contributed by atoms with Crippen LogP contribution in [-0.4, -0.2) is 73.2 Å². The summed E-state index contributed by atoms with van der Waals surface area (Å²) >= 11 is 0. The fourth-order valence-corrected chi connectivity index (χ4v) is 3.93. The number of anilines is 1. The quantitative estimate of drug-likeness (QED) is 0.877. The van der Waals surface area contributed by atoms with Crippen molar-refractivity contribution < 1.29 is 14.3 Å². The van der Waals surface area contributed by atoms with Gasteiger partial charge in [-0.3, -0.25) is 9.69 Å². The molecule has 2 fully saturated rings. The zero-order chi connectivity index (χ0) is 17.8. The van der Waals surface area contributed by atoms with E-state index in [1.54, 1.807) is 12.1 Å². The second-order valence-corrected chi connectivity index (χ2v) is 7.27. The van der Waals surface area contributed by atoms with E-state index in [0.29, 0.717) is 38.4 Å². The Bertz CT molecular complexity index is 590. The van der Waals surface area contributed by atoms with Gasteiger partial charge in [0, 0.05) is 32.7 Å². The number of aliphatic hydroxyl groups excluding tert-OH is 1. The number of hydrogen-bond donors (Lipinski definition) is 1. The van der Waals surface area contributed by atoms with Crippen LogP contribution in [0.1, 0.15) is 19.3 Å². The van der Waals surface area contributed by atoms with Crippen molar-refractivity contribution in [3.63, 3.8) is 0 Å². The average Bonchev–Trinajstić information content (AvgIpc) is 3.00. The molecule has 6 heteroatoms. The number of benzene rings is 1. The Balaban J connectivity index is 1.46. The van der Waals surface area contributed by atoms with Crippen LogP contribution in [0.2, 0.25) is 0 Å². The molecule has 0 spiro atoms. The normalized spacial score (nSPS) is 24.2. The highest BCUT2D eigenvalue weighted by atomic mass is 19.1. The summed E-state index contributed by atoms with van der Waals surface area (Å²) < 4.78 is 13.9. The first kappa shape index (κ1) is 18.1. The number of piperazine rings is 1. The smallest absolute Gasteiger partial charge is 0.236 e. The van der Waals surface area contributed by atoms with Gasteiger partial charge in [0.1, 0.15) is 5.82 Å². The van der Waals surface area contributed by atoms with Crippen molar-refractivity contribution >= 4 is 11.6 Å². The van der Waals surface area contributed by atoms with Crippen LogP contribution in [-0.2, 0) is 4.79 Å². The van der Waals surface area contributed by atoms with Crippen LogP contribution in [0.4, 0.5) is 10.1 Å². The minimum absolute atomic E-state index is 0.114. The molecule has 0 bridgehead atoms. The van der Waals surface area contributed by atoms with E-state index < -0.39 is 0 Å². The highest BCUT2D eigenvalue weighted by molar-refractivity contribution is 5.78. The molecule has 0 radical (unpaired) electrons. The number of carbonyl (C=O) groups excluding carboxylic acids is 1. The molecule has 1 aromatic carbocycles. The zero-order valence-electron chi connectivity index (χ0n) is 14.9. The van der Waals surface area contributed by atoms with Gasteiger partial charge >= 0.3 is 0 Å². The monoisotopic (exact) mass is 349 g/mol. The molecule has 1 saturated carbocycles. The molecule has 1 aromatic rings. The lowest BCUT2D eigenvalue weighted by molar-refractivity contribution is -0.132. The Morgan fingerprint density at radius 2 is 1.96 bits per heavy atom. The number of para-hydroxylation sites is 1. The molecule has 5 nitrogen and oxygen atoms in total. The van der Waals surface area contributed by atoms with E-state index in [-0.39, 0.29) is 23.7 Å². The minimum Gasteiger partial charge on any atom is -0.393 e. The van der Waals surface area contributed by atoms with Crippen molar-refractivity contribution in [2.75, 3.05) is 51.2 Å². The van der Waals surface area contributed by atoms with Crippen LogP contribution in [0, 0.1) is 11.7 Å². The summed E-state index contributed by atoms with van der Waals surface area (Å²) in [6, 6.07) is 6.78. The maximum atomic E-state index is 13.9. The largest absolute Gasteiger partial charge is 0.393 e. The van der Waals surface area contributed by atoms with Crippen molar-refractivity contribution in [2.45, 2.75) is 25.4 Å². The van der Waals surface area contributed by atoms with E-state index in [1.165, 1.54) is 6.07 Å². The third-order valence-electron chi connectivity index (χ3n) is 5.40. The Kier molecular flexibility index (Phi) is 5.91. The number of hydrogen-bond acceptors (Lipinski definition) is 4. The molecule has 2 aliphatic rings. The van der Waals surface area contributed by atoms with Gasteiger partial charge in [-0.15, -0.1) is 0 Å². The number of amides is 1. The fraction of sp³-hybridized carbons (Fsp3) is 0.632. The molecule has 2 unspecified atom stereocenters. The van der Waals surface area contributed by atoms with Gasteiger partial charge in [0.2, 0.25) is 5.91 Å². The van der Waals surface area contributed by atoms with Gasteiger partial charge in [-0.25, -0.2) is 4.39 Å². The lowest BCUT2D eigenvalue weighted by Crippen LogP contribution is -2.51. The molecule has 138 valence electrons. The number of nitrogens with zero attached hydrogens (tertiary/aromatic N) is 3. The average molecular weight is 349 g/mol. The van der Waals surface area contributed by atoms with Crippen molar-refractivity contribution in [1.29, 1.82) is 0 Å². The van der Waals surface area contributed by atoms with E-state index in [2.05, 4.69) is 0 Å². The number of carbonyl (C=O) groups is 1. The van der Waals surface area contributed by atoms with Crippen LogP contribution in [0.15, 0.2) is 24.3 Å². The summed E-state index contributed by atoms with van der Waals surface area (Å²) in [5.74, 6) is 0.191. The van der Waals surface area contributed by atoms with E-state index >= 15 is 0 Å². The molecule has 1 N–H and O–H groups in total. The van der Waals surface area contributed by atoms with Crippen LogP contribution in [0.3, 0.4) is 0 Å². The fourth-order valence-electron chi connectivity index (χ4n) is 3.93. The second kappa shape index (κ2) is 8.15. The Labute approximate surface area is 149 Å². The maximum Gasteiger partial charge on any atom is 0.236 e. The van der Waals surface area contributed by atoms with E-state index in [9.17, 15) is 14.3 Å². The number of rotatable bonds is 5. The van der Waals surface area contributed by atoms with Crippen LogP contribution in [0.5, 0.6) is 0 Å². The van der Waals surface area contributed by atoms with Crippen molar-refractivity contribution in [1.82, 2.24) is 9.80 Å². The molecule has 0 aromatic heterocycles. The highest BCUT2D eigenvalue weighted by Crippen LogP contribution is 2.26. The lowest BCUT2D eigenvalue weighted by atomic mass is 10.1. The van der Waals surface area contributed by atoms with Gasteiger partial charge in [0.05, 0.1) is 18.3 Å². The molecule has 1 aliphatic carbocycles. The standard InChI is InChI=1S/C19H28FN3O2/c1-21(13-15-5-4-8-18(15)24)14-19(25)23-11-9-22(10-12-23)17-7-3-2-6-16(17)20/h2-3,6-7,15,18,24H,4-5,8-14H2,1H3. The van der Waals surface area contributed by atoms with Gasteiger partial charge in [-0.05, 0) is 37.9 Å². The summed E-state index contributed by atoms with van der Waals surface area (Å²) in [5, 5.41) is 9.92. The molecule has 1 amide bonds. The SMILES string of the molecule is CN(CC(=O)N1CCN(c2ccccc2F)CC1)CC1CCCC1O. The number of likely N-dealkylation sites (N-methyl/N-ethyl adjacent to an activating group) is 1. The molecular weight excluding hydrogens is 321 g/mol. The molecule has 1 heterocycles. The van der Waals surface area contributed by atoms with Crippen LogP contribution < -0.4 is 4.90 Å². The van der Waals surface area contributed by atoms with E-state index in [4.69, 9.17) is 0 Å². The predicted octanol–water partition coefficient (Wildman–Crippen LogP) is 1.57. The molecule has 1 aliphatic heterocycles. The van der Waals surface area contributed by atoms with Crippen LogP contribution >= 0.6 is 0 Å². The first-order valence-corrected chi connectivity index (χ1v) is 9.18. The van der Waals surface area contributed by atoms with Gasteiger partial charge in [-0.2, -0.15) is 0 Å². The zero-order valence-corrected chi connectivity index (χ0v) is 14.9. The lowest BCUT2D eigenvalue weighted by Gasteiger charge is -2.37. The highest BCUT2D eigenvalue weighted by Gasteiger charge is 2.28. The molecule has 1 saturated heterocycles. The molecular formula is C19H28FN3O2. The molecule has 3 rings (SSSR count). The van der Waals surface area contributed by atoms with Crippen molar-refractivity contribution in [2.24, 2.45) is 5.92 Å². The first-order chi connectivity index (χ1) is 12.0. The van der Waals surface area contributed by atoms with Gasteiger partial charge in [0.15, 0.2) is 0 Å². The van der Waals surface area contributed by atoms with E-state index in [1.807, 2.05) is 27.8 Å². The third-order valence-corrected chi connectivity index (χ3v) is 5.40. The Morgan fingerprint density at radius 3 is 2.60 bits per heavy atom. The summed E-state index contributed by atoms with van der Waals surface area (Å²) in [6.07, 6.45) is 2.78. The van der Waals surface area contributed by atoms with Gasteiger partial charge in [0.25, 0.3) is 0 Å². The molecule has 2 atom stereocenters. The second-order valence-electron chi connectivity index (χ2n) is 7.27. The van der Waals surface area contributed by atoms with E-state index in [0.717, 1.165) is 25.8 Å². The van der Waals surface area contributed by atoms with Crippen LogP contribution in [0.25, 0.3) is 0 Å². The topological polar surface area (TPSA) is 47.0 Å². The number of halogens is 1. The minimum atomic E-state index is -0.220. The third kappa shape index (κ3) is 4.50. The Hall–Kier alpha value is -1.66. The Morgan fingerprint density at radius 1 is 1.24 bits per heavy atom. The summed E-state index contributed by atoms with van der Waals surface area (Å²) in [7, 11) is 1.94. The predicted molar refractivity (Wildman–Crippen MR) is 96.0 cm³/mol. The summed E-state index contributed by atoms with van der Waals surface area (Å²) in [5.41, 5.74) is 0.613. The number of aliphatic hydroxyl groups is 1. The van der Waals surface area contributed by atoms with Crippen molar-refractivity contribution in [3.05, 3.63) is 30.1 Å². The van der Waals surface area contributed by atoms with Crippen molar-refractivity contribution in [3.8, 4) is 0 Å². The molecule has 25 heavy (non-hydrogen) atoms. The summed E-state index contributed by atoms with van der Waals surface area (Å²) in [6.45, 7) is 3.68. The first-order valence-electron chi connectivity index (χ1n) is 9.18. The summed E-state index contributed by atoms with van der Waals surface area (Å²) in [4.78, 5) is 18.4. The van der Waals surface area contributed by atoms with Gasteiger partial charge in [-0.1, -0.05) is 18.6 Å². The van der Waals surface area contributed by atoms with Gasteiger partial charge < -0.3 is 14.9 Å².